The fourth-order valence-corrected chi connectivity index (χ4v) is 2.67. The van der Waals surface area contributed by atoms with Crippen LogP contribution in [0.5, 0.6) is 11.5 Å². The number of para-hydroxylation sites is 1. The summed E-state index contributed by atoms with van der Waals surface area (Å²) in [7, 11) is 0. The average molecular weight is 378 g/mol. The molecule has 0 aliphatic heterocycles. The summed E-state index contributed by atoms with van der Waals surface area (Å²) in [4.78, 5) is 12.6. The first-order chi connectivity index (χ1) is 13.6. The molecule has 0 fully saturated rings. The van der Waals surface area contributed by atoms with Crippen LogP contribution in [0.4, 0.5) is 5.69 Å². The Morgan fingerprint density at radius 1 is 1.11 bits per heavy atom. The second kappa shape index (κ2) is 10.8. The molecule has 2 aromatic carbocycles. The fourth-order valence-electron chi connectivity index (χ4n) is 2.67. The van der Waals surface area contributed by atoms with E-state index in [2.05, 4.69) is 5.32 Å². The Morgan fingerprint density at radius 2 is 1.89 bits per heavy atom. The van der Waals surface area contributed by atoms with Crippen molar-refractivity contribution in [1.29, 1.82) is 5.26 Å². The third-order valence-electron chi connectivity index (χ3n) is 4.05. The highest BCUT2D eigenvalue weighted by molar-refractivity contribution is 6.10. The van der Waals surface area contributed by atoms with Crippen LogP contribution in [0.1, 0.15) is 38.3 Å². The molecule has 0 aliphatic carbocycles. The van der Waals surface area contributed by atoms with Crippen molar-refractivity contribution in [2.75, 3.05) is 18.5 Å². The molecule has 0 unspecified atom stereocenters. The predicted molar refractivity (Wildman–Crippen MR) is 111 cm³/mol. The van der Waals surface area contributed by atoms with Crippen molar-refractivity contribution in [3.8, 4) is 17.6 Å². The van der Waals surface area contributed by atoms with Crippen molar-refractivity contribution < 1.29 is 14.3 Å². The quantitative estimate of drug-likeness (QED) is 0.493. The summed E-state index contributed by atoms with van der Waals surface area (Å²) in [5.74, 6) is 0.812. The minimum Gasteiger partial charge on any atom is -0.490 e. The molecule has 1 amide bonds. The maximum absolute atomic E-state index is 12.6. The molecule has 0 saturated carbocycles. The molecule has 28 heavy (non-hydrogen) atoms. The lowest BCUT2D eigenvalue weighted by Crippen LogP contribution is -2.14. The first-order valence-corrected chi connectivity index (χ1v) is 9.53. The molecule has 1 N–H and O–H groups in total. The number of amides is 1. The monoisotopic (exact) mass is 378 g/mol. The van der Waals surface area contributed by atoms with Crippen LogP contribution in [-0.4, -0.2) is 19.1 Å². The Hall–Kier alpha value is -3.26. The zero-order valence-corrected chi connectivity index (χ0v) is 16.6. The van der Waals surface area contributed by atoms with E-state index in [0.29, 0.717) is 30.3 Å². The smallest absolute Gasteiger partial charge is 0.266 e. The van der Waals surface area contributed by atoms with Gasteiger partial charge in [0.05, 0.1) is 13.2 Å². The summed E-state index contributed by atoms with van der Waals surface area (Å²) in [5.41, 5.74) is 2.46. The van der Waals surface area contributed by atoms with Gasteiger partial charge in [-0.1, -0.05) is 38.1 Å². The van der Waals surface area contributed by atoms with Gasteiger partial charge in [0.15, 0.2) is 11.5 Å². The number of hydrogen-bond acceptors (Lipinski definition) is 4. The van der Waals surface area contributed by atoms with Crippen molar-refractivity contribution in [2.24, 2.45) is 0 Å². The van der Waals surface area contributed by atoms with Crippen molar-refractivity contribution >= 4 is 17.7 Å². The van der Waals surface area contributed by atoms with Gasteiger partial charge in [-0.05, 0) is 55.2 Å². The van der Waals surface area contributed by atoms with Crippen LogP contribution in [0.25, 0.3) is 6.08 Å². The third kappa shape index (κ3) is 5.62. The number of ether oxygens (including phenoxy) is 2. The van der Waals surface area contributed by atoms with Crippen molar-refractivity contribution in [3.05, 3.63) is 59.2 Å². The molecule has 0 radical (unpaired) electrons. The largest absolute Gasteiger partial charge is 0.490 e. The molecule has 2 rings (SSSR count). The minimum absolute atomic E-state index is 0.0237. The predicted octanol–water partition coefficient (Wildman–Crippen LogP) is 4.98. The molecule has 5 nitrogen and oxygen atoms in total. The fraction of sp³-hybridized carbons (Fsp3) is 0.304. The molecule has 0 aliphatic rings. The second-order valence-corrected chi connectivity index (χ2v) is 6.12. The second-order valence-electron chi connectivity index (χ2n) is 6.12. The van der Waals surface area contributed by atoms with Gasteiger partial charge in [-0.2, -0.15) is 5.26 Å². The topological polar surface area (TPSA) is 71.3 Å². The zero-order chi connectivity index (χ0) is 20.4. The van der Waals surface area contributed by atoms with E-state index >= 15 is 0 Å². The van der Waals surface area contributed by atoms with E-state index in [1.54, 1.807) is 24.3 Å². The number of aryl methyl sites for hydroxylation is 1. The Bertz CT molecular complexity index is 882. The van der Waals surface area contributed by atoms with E-state index < -0.39 is 5.91 Å². The minimum atomic E-state index is -0.437. The Balaban J connectivity index is 2.26. The molecule has 2 aromatic rings. The lowest BCUT2D eigenvalue weighted by molar-refractivity contribution is -0.112. The number of rotatable bonds is 9. The summed E-state index contributed by atoms with van der Waals surface area (Å²) in [6.45, 7) is 7.04. The van der Waals surface area contributed by atoms with Crippen LogP contribution in [0, 0.1) is 11.3 Å². The molecule has 146 valence electrons. The van der Waals surface area contributed by atoms with Crippen LogP contribution >= 0.6 is 0 Å². The van der Waals surface area contributed by atoms with Gasteiger partial charge < -0.3 is 14.8 Å². The standard InChI is InChI=1S/C23H26N2O3/c1-4-13-28-21-12-11-17(15-22(21)27-6-3)14-19(16-24)23(26)25-20-10-8-7-9-18(20)5-2/h7-12,14-15H,4-6,13H2,1-3H3,(H,25,26)/b19-14+. The summed E-state index contributed by atoms with van der Waals surface area (Å²) in [5, 5.41) is 12.3. The van der Waals surface area contributed by atoms with Crippen LogP contribution < -0.4 is 14.8 Å². The average Bonchev–Trinajstić information content (AvgIpc) is 2.72. The van der Waals surface area contributed by atoms with Crippen LogP contribution in [0.15, 0.2) is 48.0 Å². The highest BCUT2D eigenvalue weighted by Crippen LogP contribution is 2.29. The number of hydrogen-bond donors (Lipinski definition) is 1. The van der Waals surface area contributed by atoms with Gasteiger partial charge in [-0.3, -0.25) is 4.79 Å². The molecular formula is C23H26N2O3. The third-order valence-corrected chi connectivity index (χ3v) is 4.05. The van der Waals surface area contributed by atoms with E-state index in [4.69, 9.17) is 9.47 Å². The van der Waals surface area contributed by atoms with Gasteiger partial charge >= 0.3 is 0 Å². The molecule has 5 heteroatoms. The first-order valence-electron chi connectivity index (χ1n) is 9.53. The van der Waals surface area contributed by atoms with Crippen molar-refractivity contribution in [2.45, 2.75) is 33.6 Å². The number of anilines is 1. The molecule has 0 saturated heterocycles. The van der Waals surface area contributed by atoms with Gasteiger partial charge in [0.25, 0.3) is 5.91 Å². The summed E-state index contributed by atoms with van der Waals surface area (Å²) in [6, 6.07) is 14.9. The Kier molecular flexibility index (Phi) is 8.11. The molecule has 0 bridgehead atoms. The van der Waals surface area contributed by atoms with Crippen LogP contribution in [0.2, 0.25) is 0 Å². The number of benzene rings is 2. The summed E-state index contributed by atoms with van der Waals surface area (Å²) in [6.07, 6.45) is 3.24. The zero-order valence-electron chi connectivity index (χ0n) is 16.6. The Labute approximate surface area is 166 Å². The first kappa shape index (κ1) is 21.0. The maximum Gasteiger partial charge on any atom is 0.266 e. The van der Waals surface area contributed by atoms with E-state index in [-0.39, 0.29) is 5.57 Å². The molecule has 0 heterocycles. The lowest BCUT2D eigenvalue weighted by Gasteiger charge is -2.12. The van der Waals surface area contributed by atoms with Crippen molar-refractivity contribution in [3.63, 3.8) is 0 Å². The number of nitrogens with one attached hydrogen (secondary N) is 1. The van der Waals surface area contributed by atoms with Gasteiger partial charge in [-0.25, -0.2) is 0 Å². The highest BCUT2D eigenvalue weighted by atomic mass is 16.5. The lowest BCUT2D eigenvalue weighted by atomic mass is 10.1. The molecule has 0 atom stereocenters. The van der Waals surface area contributed by atoms with Gasteiger partial charge in [0, 0.05) is 5.69 Å². The van der Waals surface area contributed by atoms with Crippen molar-refractivity contribution in [1.82, 2.24) is 0 Å². The van der Waals surface area contributed by atoms with Gasteiger partial charge in [-0.15, -0.1) is 0 Å². The summed E-state index contributed by atoms with van der Waals surface area (Å²) < 4.78 is 11.3. The van der Waals surface area contributed by atoms with Gasteiger partial charge in [0.1, 0.15) is 11.6 Å². The van der Waals surface area contributed by atoms with Crippen LogP contribution in [0.3, 0.4) is 0 Å². The summed E-state index contributed by atoms with van der Waals surface area (Å²) >= 11 is 0. The Morgan fingerprint density at radius 3 is 2.57 bits per heavy atom. The van der Waals surface area contributed by atoms with E-state index in [1.807, 2.05) is 51.1 Å². The SMILES string of the molecule is CCCOc1ccc(/C=C(\C#N)C(=O)Nc2ccccc2CC)cc1OCC. The normalized spacial score (nSPS) is 10.9. The number of nitrogens with zero attached hydrogens (tertiary/aromatic N) is 1. The number of carbonyl (C=O) groups is 1. The number of nitriles is 1. The maximum atomic E-state index is 12.6. The highest BCUT2D eigenvalue weighted by Gasteiger charge is 2.12. The van der Waals surface area contributed by atoms with E-state index in [9.17, 15) is 10.1 Å². The molecule has 0 spiro atoms. The molecule has 0 aromatic heterocycles. The van der Waals surface area contributed by atoms with Crippen LogP contribution in [-0.2, 0) is 11.2 Å². The molecular weight excluding hydrogens is 352 g/mol. The van der Waals surface area contributed by atoms with E-state index in [0.717, 1.165) is 24.1 Å². The van der Waals surface area contributed by atoms with Gasteiger partial charge in [0.2, 0.25) is 0 Å². The number of carbonyl (C=O) groups excluding carboxylic acids is 1. The van der Waals surface area contributed by atoms with E-state index in [1.165, 1.54) is 0 Å².